The van der Waals surface area contributed by atoms with E-state index in [-0.39, 0.29) is 24.7 Å². The smallest absolute Gasteiger partial charge is 0.304 e. The molecular formula is C17H21ClN2O3. The Morgan fingerprint density at radius 3 is 2.52 bits per heavy atom. The van der Waals surface area contributed by atoms with Gasteiger partial charge in [0.05, 0.1) is 12.5 Å². The van der Waals surface area contributed by atoms with Gasteiger partial charge in [0.15, 0.2) is 0 Å². The predicted octanol–water partition coefficient (Wildman–Crippen LogP) is 3.00. The highest BCUT2D eigenvalue weighted by Gasteiger charge is 2.19. The van der Waals surface area contributed by atoms with Crippen LogP contribution >= 0.6 is 12.4 Å². The number of likely N-dealkylation sites (N-methyl/N-ethyl adjacent to an activating group) is 1. The van der Waals surface area contributed by atoms with E-state index in [2.05, 4.69) is 5.32 Å². The molecule has 2 N–H and O–H groups in total. The number of nitrogens with zero attached hydrogens (tertiary/aromatic N) is 1. The van der Waals surface area contributed by atoms with Crippen molar-refractivity contribution in [2.75, 3.05) is 18.9 Å². The molecule has 1 unspecified atom stereocenters. The lowest BCUT2D eigenvalue weighted by Gasteiger charge is -2.23. The minimum atomic E-state index is -0.867. The maximum atomic E-state index is 12.3. The van der Waals surface area contributed by atoms with Gasteiger partial charge in [-0.25, -0.2) is 0 Å². The van der Waals surface area contributed by atoms with Crippen LogP contribution in [0.25, 0.3) is 10.8 Å². The summed E-state index contributed by atoms with van der Waals surface area (Å²) in [6, 6.07) is 13.2. The Morgan fingerprint density at radius 1 is 1.17 bits per heavy atom. The number of carboxylic acid groups (broad SMARTS) is 1. The molecule has 1 atom stereocenters. The Labute approximate surface area is 141 Å². The maximum Gasteiger partial charge on any atom is 0.304 e. The van der Waals surface area contributed by atoms with Crippen LogP contribution in [0, 0.1) is 0 Å². The zero-order valence-electron chi connectivity index (χ0n) is 13.2. The van der Waals surface area contributed by atoms with Crippen molar-refractivity contribution in [2.24, 2.45) is 0 Å². The van der Waals surface area contributed by atoms with E-state index >= 15 is 0 Å². The van der Waals surface area contributed by atoms with Crippen molar-refractivity contribution >= 4 is 40.7 Å². The molecule has 124 valence electrons. The van der Waals surface area contributed by atoms with Crippen LogP contribution in [0.2, 0.25) is 0 Å². The summed E-state index contributed by atoms with van der Waals surface area (Å²) < 4.78 is 0. The summed E-state index contributed by atoms with van der Waals surface area (Å²) in [7, 11) is 1.75. The van der Waals surface area contributed by atoms with Crippen LogP contribution in [0.4, 0.5) is 5.69 Å². The molecule has 23 heavy (non-hydrogen) atoms. The van der Waals surface area contributed by atoms with E-state index in [9.17, 15) is 9.59 Å². The number of fused-ring (bicyclic) bond motifs is 1. The van der Waals surface area contributed by atoms with Crippen LogP contribution in [0.1, 0.15) is 13.3 Å². The minimum absolute atomic E-state index is 0. The number of halogens is 1. The molecule has 0 fully saturated rings. The summed E-state index contributed by atoms with van der Waals surface area (Å²) in [5.41, 5.74) is 0.765. The number of benzene rings is 2. The quantitative estimate of drug-likeness (QED) is 0.850. The lowest BCUT2D eigenvalue weighted by atomic mass is 10.1. The zero-order chi connectivity index (χ0) is 16.1. The third kappa shape index (κ3) is 4.94. The van der Waals surface area contributed by atoms with Crippen LogP contribution in [-0.2, 0) is 9.59 Å². The second-order valence-electron chi connectivity index (χ2n) is 5.32. The van der Waals surface area contributed by atoms with Crippen LogP contribution < -0.4 is 5.32 Å². The number of carboxylic acids is 1. The molecule has 6 heteroatoms. The molecule has 0 saturated heterocycles. The van der Waals surface area contributed by atoms with E-state index in [0.717, 1.165) is 16.5 Å². The van der Waals surface area contributed by atoms with E-state index in [0.29, 0.717) is 6.54 Å². The highest BCUT2D eigenvalue weighted by molar-refractivity contribution is 6.03. The summed E-state index contributed by atoms with van der Waals surface area (Å²) in [5, 5.41) is 13.7. The van der Waals surface area contributed by atoms with E-state index in [1.54, 1.807) is 18.9 Å². The number of hydrogen-bond donors (Lipinski definition) is 2. The molecule has 2 aromatic carbocycles. The van der Waals surface area contributed by atoms with Gasteiger partial charge in [-0.2, -0.15) is 0 Å². The van der Waals surface area contributed by atoms with Crippen molar-refractivity contribution in [3.63, 3.8) is 0 Å². The number of nitrogens with one attached hydrogen (secondary N) is 1. The number of anilines is 1. The fourth-order valence-corrected chi connectivity index (χ4v) is 2.24. The van der Waals surface area contributed by atoms with Crippen molar-refractivity contribution in [3.05, 3.63) is 42.5 Å². The highest BCUT2D eigenvalue weighted by Crippen LogP contribution is 2.23. The molecule has 0 saturated carbocycles. The van der Waals surface area contributed by atoms with Gasteiger partial charge in [-0.1, -0.05) is 36.4 Å². The van der Waals surface area contributed by atoms with Crippen molar-refractivity contribution in [1.29, 1.82) is 0 Å². The Hall–Kier alpha value is -2.11. The topological polar surface area (TPSA) is 69.6 Å². The van der Waals surface area contributed by atoms with Gasteiger partial charge in [0.1, 0.15) is 0 Å². The van der Waals surface area contributed by atoms with E-state index in [1.807, 2.05) is 42.5 Å². The molecule has 0 bridgehead atoms. The predicted molar refractivity (Wildman–Crippen MR) is 94.2 cm³/mol. The monoisotopic (exact) mass is 336 g/mol. The number of aliphatic carboxylic acids is 1. The highest BCUT2D eigenvalue weighted by atomic mass is 35.5. The second-order valence-corrected chi connectivity index (χ2v) is 5.32. The lowest BCUT2D eigenvalue weighted by Crippen LogP contribution is -2.40. The fraction of sp³-hybridized carbons (Fsp3) is 0.294. The number of rotatable bonds is 6. The van der Waals surface area contributed by atoms with Crippen molar-refractivity contribution in [1.82, 2.24) is 4.90 Å². The SMILES string of the molecule is CC(C(=O)Nc1cccc2ccccc12)N(C)CCC(=O)O.Cl. The Balaban J connectivity index is 0.00000264. The number of carbonyl (C=O) groups excluding carboxylic acids is 1. The molecule has 2 aromatic rings. The molecule has 0 heterocycles. The lowest BCUT2D eigenvalue weighted by molar-refractivity contribution is -0.137. The molecule has 0 aliphatic carbocycles. The van der Waals surface area contributed by atoms with Crippen LogP contribution in [0.15, 0.2) is 42.5 Å². The largest absolute Gasteiger partial charge is 0.481 e. The van der Waals surface area contributed by atoms with E-state index in [4.69, 9.17) is 5.11 Å². The minimum Gasteiger partial charge on any atom is -0.481 e. The van der Waals surface area contributed by atoms with Crippen LogP contribution in [0.3, 0.4) is 0 Å². The Morgan fingerprint density at radius 2 is 1.83 bits per heavy atom. The molecule has 0 spiro atoms. The van der Waals surface area contributed by atoms with Gasteiger partial charge in [0.2, 0.25) is 5.91 Å². The standard InChI is InChI=1S/C17H20N2O3.ClH/c1-12(19(2)11-10-16(20)21)17(22)18-15-9-5-7-13-6-3-4-8-14(13)15;/h3-9,12H,10-11H2,1-2H3,(H,18,22)(H,20,21);1H. The van der Waals surface area contributed by atoms with Gasteiger partial charge in [0, 0.05) is 17.6 Å². The normalized spacial score (nSPS) is 11.8. The molecule has 0 radical (unpaired) electrons. The summed E-state index contributed by atoms with van der Waals surface area (Å²) in [6.45, 7) is 2.10. The number of amides is 1. The van der Waals surface area contributed by atoms with Gasteiger partial charge in [-0.3, -0.25) is 14.5 Å². The van der Waals surface area contributed by atoms with Gasteiger partial charge >= 0.3 is 5.97 Å². The third-order valence-corrected chi connectivity index (χ3v) is 3.77. The Bertz CT molecular complexity index is 685. The van der Waals surface area contributed by atoms with Crippen LogP contribution in [-0.4, -0.2) is 41.5 Å². The summed E-state index contributed by atoms with van der Waals surface area (Å²) >= 11 is 0. The summed E-state index contributed by atoms with van der Waals surface area (Å²) in [5.74, 6) is -1.02. The molecular weight excluding hydrogens is 316 g/mol. The molecule has 5 nitrogen and oxygen atoms in total. The summed E-state index contributed by atoms with van der Waals surface area (Å²) in [6.07, 6.45) is 0.0163. The van der Waals surface area contributed by atoms with Crippen molar-refractivity contribution in [3.8, 4) is 0 Å². The first-order chi connectivity index (χ1) is 10.5. The van der Waals surface area contributed by atoms with E-state index < -0.39 is 12.0 Å². The Kier molecular flexibility index (Phi) is 7.00. The molecule has 1 amide bonds. The average Bonchev–Trinajstić information content (AvgIpc) is 2.52. The van der Waals surface area contributed by atoms with Gasteiger partial charge in [-0.15, -0.1) is 12.4 Å². The van der Waals surface area contributed by atoms with Gasteiger partial charge in [0.25, 0.3) is 0 Å². The fourth-order valence-electron chi connectivity index (χ4n) is 2.24. The number of carbonyl (C=O) groups is 2. The maximum absolute atomic E-state index is 12.3. The first-order valence-electron chi connectivity index (χ1n) is 7.19. The van der Waals surface area contributed by atoms with E-state index in [1.165, 1.54) is 0 Å². The second kappa shape index (κ2) is 8.50. The van der Waals surface area contributed by atoms with Gasteiger partial charge < -0.3 is 10.4 Å². The first kappa shape index (κ1) is 18.9. The summed E-state index contributed by atoms with van der Waals surface area (Å²) in [4.78, 5) is 24.7. The average molecular weight is 337 g/mol. The zero-order valence-corrected chi connectivity index (χ0v) is 14.0. The molecule has 0 aliphatic heterocycles. The first-order valence-corrected chi connectivity index (χ1v) is 7.19. The number of hydrogen-bond acceptors (Lipinski definition) is 3. The molecule has 2 rings (SSSR count). The van der Waals surface area contributed by atoms with Crippen molar-refractivity contribution in [2.45, 2.75) is 19.4 Å². The van der Waals surface area contributed by atoms with Gasteiger partial charge in [-0.05, 0) is 25.4 Å². The molecule has 0 aliphatic rings. The third-order valence-electron chi connectivity index (χ3n) is 3.77. The van der Waals surface area contributed by atoms with Crippen LogP contribution in [0.5, 0.6) is 0 Å². The van der Waals surface area contributed by atoms with Crippen molar-refractivity contribution < 1.29 is 14.7 Å². The molecule has 0 aromatic heterocycles.